The lowest BCUT2D eigenvalue weighted by molar-refractivity contribution is -0.135. The summed E-state index contributed by atoms with van der Waals surface area (Å²) in [4.78, 5) is 22.7. The maximum absolute atomic E-state index is 12.1. The number of halogens is 1. The molecule has 0 radical (unpaired) electrons. The minimum atomic E-state index is 0.0418. The number of likely N-dealkylation sites (tertiary alicyclic amines) is 1. The van der Waals surface area contributed by atoms with Gasteiger partial charge in [0.1, 0.15) is 0 Å². The molecule has 1 fully saturated rings. The quantitative estimate of drug-likeness (QED) is 0.572. The van der Waals surface area contributed by atoms with Crippen LogP contribution >= 0.6 is 11.6 Å². The Morgan fingerprint density at radius 2 is 2.14 bits per heavy atom. The molecule has 0 atom stereocenters. The highest BCUT2D eigenvalue weighted by Gasteiger charge is 2.24. The first-order valence-corrected chi connectivity index (χ1v) is 10.2. The summed E-state index contributed by atoms with van der Waals surface area (Å²) >= 11 is 6.01. The molecule has 1 amide bonds. The van der Waals surface area contributed by atoms with E-state index >= 15 is 0 Å². The van der Waals surface area contributed by atoms with E-state index in [0.717, 1.165) is 31.5 Å². The van der Waals surface area contributed by atoms with Crippen LogP contribution < -0.4 is 10.6 Å². The monoisotopic (exact) mass is 418 g/mol. The van der Waals surface area contributed by atoms with Crippen molar-refractivity contribution in [1.82, 2.24) is 25.7 Å². The lowest BCUT2D eigenvalue weighted by Gasteiger charge is -2.34. The molecule has 3 rings (SSSR count). The number of aliphatic imine (C=N–C) groups is 1. The molecule has 8 nitrogen and oxygen atoms in total. The van der Waals surface area contributed by atoms with Gasteiger partial charge >= 0.3 is 0 Å². The van der Waals surface area contributed by atoms with Crippen molar-refractivity contribution >= 4 is 23.5 Å². The molecule has 1 aliphatic heterocycles. The van der Waals surface area contributed by atoms with Gasteiger partial charge in [-0.05, 0) is 25.0 Å². The van der Waals surface area contributed by atoms with E-state index in [2.05, 4.69) is 25.8 Å². The first-order chi connectivity index (χ1) is 14.0. The van der Waals surface area contributed by atoms with Crippen LogP contribution in [-0.2, 0) is 11.3 Å². The van der Waals surface area contributed by atoms with Crippen LogP contribution in [0.3, 0.4) is 0 Å². The number of hydrogen-bond donors (Lipinski definition) is 2. The Kier molecular flexibility index (Phi) is 7.09. The summed E-state index contributed by atoms with van der Waals surface area (Å²) in [6.45, 7) is 5.76. The predicted octanol–water partition coefficient (Wildman–Crippen LogP) is 2.70. The second-order valence-electron chi connectivity index (χ2n) is 7.35. The van der Waals surface area contributed by atoms with Crippen molar-refractivity contribution in [1.29, 1.82) is 0 Å². The Morgan fingerprint density at radius 1 is 1.38 bits per heavy atom. The third kappa shape index (κ3) is 5.69. The summed E-state index contributed by atoms with van der Waals surface area (Å²) in [5.41, 5.74) is 0.803. The van der Waals surface area contributed by atoms with Gasteiger partial charge in [-0.2, -0.15) is 4.98 Å². The van der Waals surface area contributed by atoms with Gasteiger partial charge in [0, 0.05) is 42.7 Å². The number of carbonyl (C=O) groups is 1. The minimum absolute atomic E-state index is 0.0418. The topological polar surface area (TPSA) is 95.7 Å². The van der Waals surface area contributed by atoms with Crippen LogP contribution in [0.25, 0.3) is 11.4 Å². The highest BCUT2D eigenvalue weighted by atomic mass is 35.5. The van der Waals surface area contributed by atoms with E-state index in [1.165, 1.54) is 0 Å². The molecule has 29 heavy (non-hydrogen) atoms. The molecule has 9 heteroatoms. The van der Waals surface area contributed by atoms with Crippen molar-refractivity contribution in [3.05, 3.63) is 35.2 Å². The van der Waals surface area contributed by atoms with Crippen molar-refractivity contribution in [2.75, 3.05) is 20.1 Å². The number of benzene rings is 1. The molecule has 1 aromatic carbocycles. The van der Waals surface area contributed by atoms with Gasteiger partial charge in [-0.25, -0.2) is 0 Å². The summed E-state index contributed by atoms with van der Waals surface area (Å²) in [7, 11) is 1.72. The maximum Gasteiger partial charge on any atom is 0.246 e. The standard InChI is InChI=1S/C20H27ClN6O2/c1-13(2)19(28)27-9-7-16(8-10-27)24-20(22-3)23-12-17-25-18(26-29-17)14-5-4-6-15(21)11-14/h4-6,11,13,16H,7-10,12H2,1-3H3,(H2,22,23,24). The van der Waals surface area contributed by atoms with E-state index in [-0.39, 0.29) is 17.9 Å². The highest BCUT2D eigenvalue weighted by molar-refractivity contribution is 6.30. The molecule has 0 saturated carbocycles. The Morgan fingerprint density at radius 3 is 2.79 bits per heavy atom. The van der Waals surface area contributed by atoms with Gasteiger partial charge < -0.3 is 20.1 Å². The number of nitrogens with one attached hydrogen (secondary N) is 2. The fourth-order valence-corrected chi connectivity index (χ4v) is 3.42. The van der Waals surface area contributed by atoms with Gasteiger partial charge in [-0.3, -0.25) is 9.79 Å². The molecule has 2 aromatic rings. The molecule has 2 heterocycles. The van der Waals surface area contributed by atoms with E-state index in [1.807, 2.05) is 30.9 Å². The molecular weight excluding hydrogens is 392 g/mol. The molecule has 156 valence electrons. The number of guanidine groups is 1. The maximum atomic E-state index is 12.1. The van der Waals surface area contributed by atoms with Gasteiger partial charge in [-0.15, -0.1) is 0 Å². The number of rotatable bonds is 5. The van der Waals surface area contributed by atoms with Crippen molar-refractivity contribution in [3.63, 3.8) is 0 Å². The van der Waals surface area contributed by atoms with Gasteiger partial charge in [0.05, 0.1) is 6.54 Å². The fraction of sp³-hybridized carbons (Fsp3) is 0.500. The number of hydrogen-bond acceptors (Lipinski definition) is 5. The molecule has 1 aromatic heterocycles. The van der Waals surface area contributed by atoms with Crippen LogP contribution in [0.5, 0.6) is 0 Å². The van der Waals surface area contributed by atoms with Crippen LogP contribution in [0.4, 0.5) is 0 Å². The zero-order valence-electron chi connectivity index (χ0n) is 17.0. The van der Waals surface area contributed by atoms with Crippen molar-refractivity contribution in [2.45, 2.75) is 39.3 Å². The molecule has 0 unspecified atom stereocenters. The number of carbonyl (C=O) groups excluding carboxylic acids is 1. The highest BCUT2D eigenvalue weighted by Crippen LogP contribution is 2.20. The molecule has 0 aliphatic carbocycles. The lowest BCUT2D eigenvalue weighted by Crippen LogP contribution is -2.50. The van der Waals surface area contributed by atoms with Crippen LogP contribution in [-0.4, -0.2) is 53.1 Å². The van der Waals surface area contributed by atoms with Crippen LogP contribution in [0.15, 0.2) is 33.8 Å². The third-order valence-electron chi connectivity index (χ3n) is 4.82. The van der Waals surface area contributed by atoms with E-state index in [4.69, 9.17) is 16.1 Å². The molecule has 1 saturated heterocycles. The number of nitrogens with zero attached hydrogens (tertiary/aromatic N) is 4. The SMILES string of the molecule is CN=C(NCc1nc(-c2cccc(Cl)c2)no1)NC1CCN(C(=O)C(C)C)CC1. The second kappa shape index (κ2) is 9.73. The van der Waals surface area contributed by atoms with Crippen molar-refractivity contribution in [3.8, 4) is 11.4 Å². The molecule has 2 N–H and O–H groups in total. The van der Waals surface area contributed by atoms with E-state index in [9.17, 15) is 4.79 Å². The van der Waals surface area contributed by atoms with Gasteiger partial charge in [0.25, 0.3) is 0 Å². The molecule has 1 aliphatic rings. The van der Waals surface area contributed by atoms with Gasteiger partial charge in [-0.1, -0.05) is 42.7 Å². The first-order valence-electron chi connectivity index (χ1n) is 9.80. The third-order valence-corrected chi connectivity index (χ3v) is 5.06. The summed E-state index contributed by atoms with van der Waals surface area (Å²) in [5.74, 6) is 1.88. The summed E-state index contributed by atoms with van der Waals surface area (Å²) in [6.07, 6.45) is 1.78. The Bertz CT molecular complexity index is 858. The summed E-state index contributed by atoms with van der Waals surface area (Å²) < 4.78 is 5.31. The van der Waals surface area contributed by atoms with Crippen molar-refractivity contribution < 1.29 is 9.32 Å². The fourth-order valence-electron chi connectivity index (χ4n) is 3.23. The number of piperidine rings is 1. The number of aromatic nitrogens is 2. The average Bonchev–Trinajstić information content (AvgIpc) is 3.20. The summed E-state index contributed by atoms with van der Waals surface area (Å²) in [6, 6.07) is 7.58. The number of amides is 1. The predicted molar refractivity (Wildman–Crippen MR) is 113 cm³/mol. The van der Waals surface area contributed by atoms with Crippen molar-refractivity contribution in [2.24, 2.45) is 10.9 Å². The van der Waals surface area contributed by atoms with Gasteiger partial charge in [0.2, 0.25) is 17.6 Å². The zero-order valence-corrected chi connectivity index (χ0v) is 17.7. The van der Waals surface area contributed by atoms with Crippen LogP contribution in [0.1, 0.15) is 32.6 Å². The minimum Gasteiger partial charge on any atom is -0.354 e. The van der Waals surface area contributed by atoms with Crippen LogP contribution in [0, 0.1) is 5.92 Å². The smallest absolute Gasteiger partial charge is 0.246 e. The second-order valence-corrected chi connectivity index (χ2v) is 7.78. The Hall–Kier alpha value is -2.61. The van der Waals surface area contributed by atoms with E-state index in [0.29, 0.717) is 29.2 Å². The van der Waals surface area contributed by atoms with Gasteiger partial charge in [0.15, 0.2) is 5.96 Å². The Labute approximate surface area is 175 Å². The van der Waals surface area contributed by atoms with Crippen LogP contribution in [0.2, 0.25) is 5.02 Å². The molecule has 0 bridgehead atoms. The largest absolute Gasteiger partial charge is 0.354 e. The summed E-state index contributed by atoms with van der Waals surface area (Å²) in [5, 5.41) is 11.2. The average molecular weight is 419 g/mol. The normalized spacial score (nSPS) is 15.6. The molecule has 0 spiro atoms. The first kappa shape index (κ1) is 21.1. The zero-order chi connectivity index (χ0) is 20.8. The Balaban J connectivity index is 1.49. The lowest BCUT2D eigenvalue weighted by atomic mass is 10.0. The van der Waals surface area contributed by atoms with E-state index in [1.54, 1.807) is 19.2 Å². The van der Waals surface area contributed by atoms with E-state index < -0.39 is 0 Å². The molecular formula is C20H27ClN6O2.